The molecule has 0 spiro atoms. The van der Waals surface area contributed by atoms with Crippen LogP contribution in [-0.4, -0.2) is 9.97 Å². The minimum atomic E-state index is -4.37. The van der Waals surface area contributed by atoms with Crippen LogP contribution in [0, 0.1) is 0 Å². The monoisotopic (exact) mass is 329 g/mol. The van der Waals surface area contributed by atoms with Gasteiger partial charge in [-0.15, -0.1) is 0 Å². The van der Waals surface area contributed by atoms with Crippen LogP contribution in [0.3, 0.4) is 0 Å². The Morgan fingerprint density at radius 3 is 2.17 bits per heavy atom. The van der Waals surface area contributed by atoms with Crippen LogP contribution < -0.4 is 5.73 Å². The van der Waals surface area contributed by atoms with Crippen LogP contribution in [0.15, 0.2) is 67.0 Å². The summed E-state index contributed by atoms with van der Waals surface area (Å²) in [6, 6.07) is 13.3. The summed E-state index contributed by atoms with van der Waals surface area (Å²) in [4.78, 5) is 8.60. The highest BCUT2D eigenvalue weighted by atomic mass is 19.4. The Balaban J connectivity index is 1.98. The molecule has 0 saturated heterocycles. The molecule has 0 saturated carbocycles. The highest BCUT2D eigenvalue weighted by molar-refractivity contribution is 5.63. The van der Waals surface area contributed by atoms with Gasteiger partial charge in [0.15, 0.2) is 0 Å². The van der Waals surface area contributed by atoms with E-state index in [0.717, 1.165) is 17.7 Å². The van der Waals surface area contributed by atoms with E-state index >= 15 is 0 Å². The first-order chi connectivity index (χ1) is 11.5. The SMILES string of the molecule is N[C@@H](c1ccc(C(F)(F)F)cc1)c1ncccc1-c1ccccn1. The zero-order valence-electron chi connectivity index (χ0n) is 12.5. The molecule has 3 nitrogen and oxygen atoms in total. The van der Waals surface area contributed by atoms with E-state index in [0.29, 0.717) is 17.0 Å². The average Bonchev–Trinajstić information content (AvgIpc) is 2.61. The van der Waals surface area contributed by atoms with E-state index in [1.54, 1.807) is 24.5 Å². The first kappa shape index (κ1) is 16.1. The molecule has 0 bridgehead atoms. The molecule has 6 heteroatoms. The van der Waals surface area contributed by atoms with E-state index in [2.05, 4.69) is 9.97 Å². The maximum Gasteiger partial charge on any atom is 0.416 e. The van der Waals surface area contributed by atoms with Gasteiger partial charge >= 0.3 is 6.18 Å². The number of hydrogen-bond donors (Lipinski definition) is 1. The molecule has 0 aliphatic heterocycles. The molecule has 0 radical (unpaired) electrons. The molecule has 3 aromatic rings. The number of nitrogens with zero attached hydrogens (tertiary/aromatic N) is 2. The highest BCUT2D eigenvalue weighted by Crippen LogP contribution is 2.32. The lowest BCUT2D eigenvalue weighted by atomic mass is 9.97. The number of benzene rings is 1. The summed E-state index contributed by atoms with van der Waals surface area (Å²) in [6.07, 6.45) is -1.10. The lowest BCUT2D eigenvalue weighted by Crippen LogP contribution is -2.15. The molecule has 2 aromatic heterocycles. The Bertz CT molecular complexity index is 815. The standard InChI is InChI=1S/C18H14F3N3/c19-18(20,21)13-8-6-12(7-9-13)16(22)17-14(4-3-11-24-17)15-5-1-2-10-23-15/h1-11,16H,22H2/t16-/m0/s1. The van der Waals surface area contributed by atoms with Gasteiger partial charge in [0.2, 0.25) is 0 Å². The molecule has 0 fully saturated rings. The average molecular weight is 329 g/mol. The van der Waals surface area contributed by atoms with Crippen LogP contribution in [0.4, 0.5) is 13.2 Å². The minimum absolute atomic E-state index is 0.555. The van der Waals surface area contributed by atoms with Crippen molar-refractivity contribution in [2.75, 3.05) is 0 Å². The largest absolute Gasteiger partial charge is 0.416 e. The number of alkyl halides is 3. The van der Waals surface area contributed by atoms with Gasteiger partial charge in [0.25, 0.3) is 0 Å². The second kappa shape index (κ2) is 6.41. The van der Waals surface area contributed by atoms with Crippen LogP contribution in [0.2, 0.25) is 0 Å². The van der Waals surface area contributed by atoms with Gasteiger partial charge < -0.3 is 5.73 Å². The van der Waals surface area contributed by atoms with Crippen molar-refractivity contribution in [2.24, 2.45) is 5.73 Å². The lowest BCUT2D eigenvalue weighted by molar-refractivity contribution is -0.137. The van der Waals surface area contributed by atoms with Gasteiger partial charge in [-0.3, -0.25) is 9.97 Å². The van der Waals surface area contributed by atoms with Crippen LogP contribution >= 0.6 is 0 Å². The summed E-state index contributed by atoms with van der Waals surface area (Å²) >= 11 is 0. The third-order valence-corrected chi connectivity index (χ3v) is 3.67. The first-order valence-electron chi connectivity index (χ1n) is 7.26. The smallest absolute Gasteiger partial charge is 0.319 e. The fourth-order valence-electron chi connectivity index (χ4n) is 2.44. The number of halogens is 3. The van der Waals surface area contributed by atoms with E-state index in [1.807, 2.05) is 18.2 Å². The third-order valence-electron chi connectivity index (χ3n) is 3.67. The quantitative estimate of drug-likeness (QED) is 0.783. The van der Waals surface area contributed by atoms with Crippen molar-refractivity contribution >= 4 is 0 Å². The highest BCUT2D eigenvalue weighted by Gasteiger charge is 2.30. The Kier molecular flexibility index (Phi) is 4.31. The molecule has 0 unspecified atom stereocenters. The summed E-state index contributed by atoms with van der Waals surface area (Å²) in [7, 11) is 0. The Hall–Kier alpha value is -2.73. The number of aromatic nitrogens is 2. The van der Waals surface area contributed by atoms with Crippen LogP contribution in [0.1, 0.15) is 22.9 Å². The maximum absolute atomic E-state index is 12.7. The molecule has 122 valence electrons. The molecular formula is C18H14F3N3. The Morgan fingerprint density at radius 2 is 1.54 bits per heavy atom. The minimum Gasteiger partial charge on any atom is -0.319 e. The molecular weight excluding hydrogens is 315 g/mol. The summed E-state index contributed by atoms with van der Waals surface area (Å²) < 4.78 is 38.0. The number of hydrogen-bond acceptors (Lipinski definition) is 3. The van der Waals surface area contributed by atoms with Crippen molar-refractivity contribution in [3.05, 3.63) is 83.8 Å². The fraction of sp³-hybridized carbons (Fsp3) is 0.111. The van der Waals surface area contributed by atoms with E-state index < -0.39 is 17.8 Å². The molecule has 24 heavy (non-hydrogen) atoms. The zero-order chi connectivity index (χ0) is 17.2. The van der Waals surface area contributed by atoms with Crippen molar-refractivity contribution in [1.29, 1.82) is 0 Å². The molecule has 1 atom stereocenters. The number of pyridine rings is 2. The number of nitrogens with two attached hydrogens (primary N) is 1. The second-order valence-electron chi connectivity index (χ2n) is 5.25. The summed E-state index contributed by atoms with van der Waals surface area (Å²) in [6.45, 7) is 0. The Labute approximate surface area is 137 Å². The van der Waals surface area contributed by atoms with Gasteiger partial charge in [-0.2, -0.15) is 13.2 Å². The van der Waals surface area contributed by atoms with E-state index in [4.69, 9.17) is 5.73 Å². The van der Waals surface area contributed by atoms with Gasteiger partial charge in [-0.25, -0.2) is 0 Å². The number of rotatable bonds is 3. The van der Waals surface area contributed by atoms with Crippen LogP contribution in [0.5, 0.6) is 0 Å². The molecule has 2 N–H and O–H groups in total. The van der Waals surface area contributed by atoms with Gasteiger partial charge in [0.1, 0.15) is 0 Å². The molecule has 1 aromatic carbocycles. The van der Waals surface area contributed by atoms with Crippen LogP contribution in [0.25, 0.3) is 11.3 Å². The fourth-order valence-corrected chi connectivity index (χ4v) is 2.44. The van der Waals surface area contributed by atoms with E-state index in [9.17, 15) is 13.2 Å². The lowest BCUT2D eigenvalue weighted by Gasteiger charge is -2.16. The summed E-state index contributed by atoms with van der Waals surface area (Å²) in [5, 5.41) is 0. The van der Waals surface area contributed by atoms with Crippen molar-refractivity contribution in [1.82, 2.24) is 9.97 Å². The predicted octanol–water partition coefficient (Wildman–Crippen LogP) is 4.21. The second-order valence-corrected chi connectivity index (χ2v) is 5.25. The van der Waals surface area contributed by atoms with Crippen molar-refractivity contribution in [2.45, 2.75) is 12.2 Å². The molecule has 3 rings (SSSR count). The molecule has 0 aliphatic rings. The van der Waals surface area contributed by atoms with Gasteiger partial charge in [0, 0.05) is 18.0 Å². The summed E-state index contributed by atoms with van der Waals surface area (Å²) in [5.41, 5.74) is 8.12. The van der Waals surface area contributed by atoms with Gasteiger partial charge in [-0.05, 0) is 42.0 Å². The van der Waals surface area contributed by atoms with Crippen molar-refractivity contribution < 1.29 is 13.2 Å². The zero-order valence-corrected chi connectivity index (χ0v) is 12.5. The molecule has 2 heterocycles. The first-order valence-corrected chi connectivity index (χ1v) is 7.26. The third kappa shape index (κ3) is 3.28. The van der Waals surface area contributed by atoms with E-state index in [1.165, 1.54) is 12.1 Å². The Morgan fingerprint density at radius 1 is 0.833 bits per heavy atom. The van der Waals surface area contributed by atoms with E-state index in [-0.39, 0.29) is 0 Å². The van der Waals surface area contributed by atoms with Crippen molar-refractivity contribution in [3.8, 4) is 11.3 Å². The normalized spacial score (nSPS) is 12.8. The molecule has 0 aliphatic carbocycles. The van der Waals surface area contributed by atoms with Crippen molar-refractivity contribution in [3.63, 3.8) is 0 Å². The predicted molar refractivity (Wildman–Crippen MR) is 84.9 cm³/mol. The summed E-state index contributed by atoms with van der Waals surface area (Å²) in [5.74, 6) is 0. The maximum atomic E-state index is 12.7. The molecule has 0 amide bonds. The van der Waals surface area contributed by atoms with Crippen LogP contribution in [-0.2, 0) is 6.18 Å². The van der Waals surface area contributed by atoms with Gasteiger partial charge in [0.05, 0.1) is 23.0 Å². The van der Waals surface area contributed by atoms with Gasteiger partial charge in [-0.1, -0.05) is 18.2 Å². The topological polar surface area (TPSA) is 51.8 Å².